The zero-order valence-electron chi connectivity index (χ0n) is 16.1. The second-order valence-electron chi connectivity index (χ2n) is 4.67. The van der Waals surface area contributed by atoms with Gasteiger partial charge in [-0.1, -0.05) is 39.8 Å². The number of benzene rings is 2. The first-order chi connectivity index (χ1) is 12.9. The van der Waals surface area contributed by atoms with Gasteiger partial charge in [0.05, 0.1) is 16.4 Å². The number of carbonyl (C=O) groups excluding carboxylic acids is 1. The predicted molar refractivity (Wildman–Crippen MR) is 140 cm³/mol. The molecular weight excluding hydrogens is 720 g/mol. The summed E-state index contributed by atoms with van der Waals surface area (Å²) in [5, 5.41) is 11.5. The molecule has 0 aliphatic carbocycles. The van der Waals surface area contributed by atoms with Gasteiger partial charge in [-0.05, 0) is 31.2 Å². The summed E-state index contributed by atoms with van der Waals surface area (Å²) in [6, 6.07) is 10.8. The summed E-state index contributed by atoms with van der Waals surface area (Å²) < 4.78 is 2.07. The third-order valence-electron chi connectivity index (χ3n) is 3.48. The van der Waals surface area contributed by atoms with Crippen molar-refractivity contribution in [1.82, 2.24) is 4.57 Å². The number of primary amides is 1. The van der Waals surface area contributed by atoms with Gasteiger partial charge in [-0.15, -0.1) is 0 Å². The zero-order valence-corrected chi connectivity index (χ0v) is 24.0. The van der Waals surface area contributed by atoms with Crippen molar-refractivity contribution >= 4 is 87.6 Å². The van der Waals surface area contributed by atoms with Crippen LogP contribution in [-0.4, -0.2) is 15.6 Å². The molecule has 2 aromatic carbocycles. The quantitative estimate of drug-likeness (QED) is 0.270. The van der Waals surface area contributed by atoms with E-state index >= 15 is 0 Å². The molecule has 0 bridgehead atoms. The van der Waals surface area contributed by atoms with Crippen molar-refractivity contribution in [3.63, 3.8) is 0 Å². The van der Waals surface area contributed by atoms with E-state index in [4.69, 9.17) is 5.73 Å². The second kappa shape index (κ2) is 14.3. The van der Waals surface area contributed by atoms with E-state index in [1.807, 2.05) is 52.8 Å². The Balaban J connectivity index is 0.000000737. The van der Waals surface area contributed by atoms with Crippen molar-refractivity contribution in [3.8, 4) is 5.75 Å². The van der Waals surface area contributed by atoms with Crippen LogP contribution in [0.2, 0.25) is 0 Å². The Bertz CT molecular complexity index is 864. The molecule has 8 heteroatoms. The monoisotopic (exact) mass is 746 g/mol. The maximum absolute atomic E-state index is 11.6. The number of phenols is 1. The summed E-state index contributed by atoms with van der Waals surface area (Å²) >= 11 is 7.39. The Morgan fingerprint density at radius 1 is 1.00 bits per heavy atom. The average molecular weight is 746 g/mol. The summed E-state index contributed by atoms with van der Waals surface area (Å²) in [7, 11) is 0. The van der Waals surface area contributed by atoms with Crippen molar-refractivity contribution in [1.29, 1.82) is 0 Å². The van der Waals surface area contributed by atoms with Crippen LogP contribution in [0.1, 0.15) is 45.0 Å². The number of rotatable bonds is 2. The van der Waals surface area contributed by atoms with Crippen LogP contribution in [0.15, 0.2) is 36.4 Å². The van der Waals surface area contributed by atoms with Gasteiger partial charge >= 0.3 is 64.9 Å². The molecule has 0 fully saturated rings. The van der Waals surface area contributed by atoms with E-state index in [9.17, 15) is 9.90 Å². The van der Waals surface area contributed by atoms with Crippen LogP contribution in [0, 0.1) is 0 Å². The molecule has 0 spiro atoms. The number of aromatic nitrogens is 1. The number of halogens is 3. The van der Waals surface area contributed by atoms with Crippen molar-refractivity contribution in [2.75, 3.05) is 0 Å². The van der Waals surface area contributed by atoms with Gasteiger partial charge in [0.25, 0.3) is 0 Å². The first-order valence-electron chi connectivity index (χ1n) is 8.68. The number of hydrogen-bond acceptors (Lipinski definition) is 2. The summed E-state index contributed by atoms with van der Waals surface area (Å²) in [4.78, 5) is 11.3. The van der Waals surface area contributed by atoms with Crippen LogP contribution >= 0.6 is 59.9 Å². The number of aromatic hydroxyl groups is 1. The molecule has 0 saturated carbocycles. The molecule has 27 heavy (non-hydrogen) atoms. The number of amides is 1. The molecule has 150 valence electrons. The van der Waals surface area contributed by atoms with Crippen LogP contribution in [-0.2, 0) is 11.5 Å². The van der Waals surface area contributed by atoms with Crippen LogP contribution in [0.4, 0.5) is 0 Å². The molecule has 3 N–H and O–H groups in total. The van der Waals surface area contributed by atoms with Gasteiger partial charge in [-0.3, -0.25) is 4.79 Å². The van der Waals surface area contributed by atoms with E-state index in [1.54, 1.807) is 18.2 Å². The third-order valence-corrected chi connectivity index (χ3v) is 3.48. The van der Waals surface area contributed by atoms with E-state index < -0.39 is 5.91 Å². The number of carbonyl (C=O) groups is 1. The van der Waals surface area contributed by atoms with Crippen LogP contribution in [0.3, 0.4) is 0 Å². The average Bonchev–Trinajstić information content (AvgIpc) is 2.99. The number of hydrogen-bond donors (Lipinski definition) is 2. The Morgan fingerprint density at radius 3 is 1.89 bits per heavy atom. The Labute approximate surface area is 199 Å². The number of nitrogens with zero attached hydrogens (tertiary/aromatic N) is 1. The van der Waals surface area contributed by atoms with Crippen LogP contribution in [0.5, 0.6) is 5.75 Å². The van der Waals surface area contributed by atoms with E-state index in [1.165, 1.54) is 0 Å². The number of fused-ring (bicyclic) bond motifs is 3. The fourth-order valence-corrected chi connectivity index (χ4v) is 2.71. The summed E-state index contributed by atoms with van der Waals surface area (Å²) in [5.74, 6) is -0.313. The van der Waals surface area contributed by atoms with Gasteiger partial charge in [-0.25, -0.2) is 0 Å². The third kappa shape index (κ3) is 7.24. The van der Waals surface area contributed by atoms with Gasteiger partial charge in [0.15, 0.2) is 0 Å². The molecule has 0 unspecified atom stereocenters. The molecule has 1 heterocycles. The Morgan fingerprint density at radius 2 is 1.44 bits per heavy atom. The fraction of sp³-hybridized carbons (Fsp3) is 0.316. The molecular formula is C19H26I3N2O2V. The van der Waals surface area contributed by atoms with Crippen molar-refractivity contribution in [2.45, 2.75) is 41.2 Å². The predicted octanol–water partition coefficient (Wildman–Crippen LogP) is 7.33. The number of aryl methyl sites for hydroxylation is 1. The van der Waals surface area contributed by atoms with Gasteiger partial charge in [0.1, 0.15) is 5.75 Å². The standard InChI is InChI=1S/C15H14N2O2.2C2H6.3HI.V/c1-2-17-10-6-3-5-9(15(16)19)13(10)14-11(17)7-4-8-12(14)18;2*1-2;;;;/h3-8,18H,2H2,1H3,(H2,16,19);2*1-2H3;3*1H;/q;;;;;;+3/p-3. The topological polar surface area (TPSA) is 68.2 Å². The van der Waals surface area contributed by atoms with Crippen molar-refractivity contribution < 1.29 is 14.8 Å². The zero-order chi connectivity index (χ0) is 21.1. The van der Waals surface area contributed by atoms with E-state index in [0.717, 1.165) is 23.0 Å². The fourth-order valence-electron chi connectivity index (χ4n) is 2.71. The minimum atomic E-state index is -0.482. The molecule has 0 radical (unpaired) electrons. The Kier molecular flexibility index (Phi) is 14.4. The molecule has 1 amide bonds. The summed E-state index contributed by atoms with van der Waals surface area (Å²) in [5.41, 5.74) is 7.70. The van der Waals surface area contributed by atoms with Gasteiger partial charge < -0.3 is 15.4 Å². The number of phenolic OH excluding ortho intramolecular Hbond substituents is 1. The van der Waals surface area contributed by atoms with Gasteiger partial charge in [-0.2, -0.15) is 0 Å². The Hall–Kier alpha value is 0.284. The first-order valence-corrected chi connectivity index (χ1v) is 22.2. The molecule has 0 saturated heterocycles. The normalized spacial score (nSPS) is 9.67. The van der Waals surface area contributed by atoms with E-state index in [0.29, 0.717) is 10.9 Å². The molecule has 3 aromatic rings. The molecule has 1 aromatic heterocycles. The maximum atomic E-state index is 11.6. The first kappa shape index (κ1) is 27.3. The second-order valence-corrected chi connectivity index (χ2v) is 40.0. The van der Waals surface area contributed by atoms with E-state index in [-0.39, 0.29) is 10.7 Å². The van der Waals surface area contributed by atoms with Gasteiger partial charge in [0, 0.05) is 17.5 Å². The summed E-state index contributed by atoms with van der Waals surface area (Å²) in [6.45, 7) is 10.8. The van der Waals surface area contributed by atoms with Crippen LogP contribution in [0.25, 0.3) is 21.8 Å². The van der Waals surface area contributed by atoms with Gasteiger partial charge in [0.2, 0.25) is 5.91 Å². The molecule has 0 atom stereocenters. The minimum absolute atomic E-state index is 0.170. The van der Waals surface area contributed by atoms with Crippen LogP contribution < -0.4 is 5.73 Å². The van der Waals surface area contributed by atoms with E-state index in [2.05, 4.69) is 64.5 Å². The molecule has 0 aliphatic heterocycles. The molecule has 3 rings (SSSR count). The number of nitrogens with two attached hydrogens (primary N) is 1. The van der Waals surface area contributed by atoms with Crippen molar-refractivity contribution in [2.24, 2.45) is 5.73 Å². The molecule has 4 nitrogen and oxygen atoms in total. The van der Waals surface area contributed by atoms with Crippen molar-refractivity contribution in [3.05, 3.63) is 42.0 Å². The molecule has 0 aliphatic rings. The summed E-state index contributed by atoms with van der Waals surface area (Å²) in [6.07, 6.45) is 0. The SMILES string of the molecule is CC.CC.CCn1c2cccc(O)c2c2c(C(N)=O)cccc21.[I][V]([I])[I].